The lowest BCUT2D eigenvalue weighted by Gasteiger charge is -2.29. The maximum absolute atomic E-state index is 12.6. The molecule has 0 radical (unpaired) electrons. The third-order valence-corrected chi connectivity index (χ3v) is 8.36. The number of amides is 1. The number of sulfonamides is 1. The predicted octanol–water partition coefficient (Wildman–Crippen LogP) is 3.66. The van der Waals surface area contributed by atoms with Crippen molar-refractivity contribution < 1.29 is 13.2 Å². The van der Waals surface area contributed by atoms with Crippen LogP contribution >= 0.6 is 11.3 Å². The van der Waals surface area contributed by atoms with E-state index in [1.807, 2.05) is 5.38 Å². The highest BCUT2D eigenvalue weighted by Crippen LogP contribution is 2.22. The number of aromatic nitrogens is 1. The van der Waals surface area contributed by atoms with Crippen molar-refractivity contribution in [3.8, 4) is 0 Å². The van der Waals surface area contributed by atoms with Gasteiger partial charge in [-0.3, -0.25) is 15.0 Å². The second-order valence-corrected chi connectivity index (χ2v) is 10.5. The van der Waals surface area contributed by atoms with Crippen LogP contribution in [0.15, 0.2) is 34.5 Å². The van der Waals surface area contributed by atoms with E-state index in [2.05, 4.69) is 22.1 Å². The molecule has 0 bridgehead atoms. The summed E-state index contributed by atoms with van der Waals surface area (Å²) in [6.07, 6.45) is 2.43. The first-order valence-electron chi connectivity index (χ1n) is 10.4. The van der Waals surface area contributed by atoms with E-state index in [-0.39, 0.29) is 10.8 Å². The van der Waals surface area contributed by atoms with Gasteiger partial charge in [0, 0.05) is 30.6 Å². The van der Waals surface area contributed by atoms with Crippen molar-refractivity contribution in [2.75, 3.05) is 31.5 Å². The standard InChI is InChI=1S/C21H30N4O3S2/c1-4-25(5-2)30(27,28)19-8-6-17(7-9-19)20(26)23-21-22-18(15-29-21)14-24-12-10-16(3)11-13-24/h6-9,15-16H,4-5,10-14H2,1-3H3,(H,22,23,26). The highest BCUT2D eigenvalue weighted by molar-refractivity contribution is 7.89. The molecule has 0 saturated carbocycles. The summed E-state index contributed by atoms with van der Waals surface area (Å²) < 4.78 is 26.5. The Balaban J connectivity index is 1.60. The van der Waals surface area contributed by atoms with Crippen LogP contribution in [0.3, 0.4) is 0 Å². The van der Waals surface area contributed by atoms with Gasteiger partial charge in [0.1, 0.15) is 0 Å². The normalized spacial score (nSPS) is 16.1. The average Bonchev–Trinajstić information content (AvgIpc) is 3.17. The topological polar surface area (TPSA) is 82.6 Å². The molecule has 1 aromatic heterocycles. The fourth-order valence-electron chi connectivity index (χ4n) is 3.55. The molecule has 1 aliphatic rings. The highest BCUT2D eigenvalue weighted by Gasteiger charge is 2.22. The van der Waals surface area contributed by atoms with Gasteiger partial charge in [0.05, 0.1) is 10.6 Å². The Labute approximate surface area is 183 Å². The number of carbonyl (C=O) groups is 1. The number of anilines is 1. The summed E-state index contributed by atoms with van der Waals surface area (Å²) in [6.45, 7) is 9.68. The van der Waals surface area contributed by atoms with Crippen LogP contribution in [0, 0.1) is 5.92 Å². The summed E-state index contributed by atoms with van der Waals surface area (Å²) in [5, 5.41) is 5.35. The zero-order valence-corrected chi connectivity index (χ0v) is 19.4. The van der Waals surface area contributed by atoms with Gasteiger partial charge in [0.15, 0.2) is 5.13 Å². The van der Waals surface area contributed by atoms with Crippen LogP contribution in [0.4, 0.5) is 5.13 Å². The first-order valence-corrected chi connectivity index (χ1v) is 12.7. The van der Waals surface area contributed by atoms with Crippen LogP contribution in [0.2, 0.25) is 0 Å². The Kier molecular flexibility index (Phi) is 7.62. The number of nitrogens with one attached hydrogen (secondary N) is 1. The smallest absolute Gasteiger partial charge is 0.257 e. The summed E-state index contributed by atoms with van der Waals surface area (Å²) in [7, 11) is -3.53. The van der Waals surface area contributed by atoms with Crippen LogP contribution in [-0.2, 0) is 16.6 Å². The van der Waals surface area contributed by atoms with Gasteiger partial charge in [-0.15, -0.1) is 11.3 Å². The number of carbonyl (C=O) groups excluding carboxylic acids is 1. The van der Waals surface area contributed by atoms with Gasteiger partial charge in [0.25, 0.3) is 5.91 Å². The largest absolute Gasteiger partial charge is 0.298 e. The summed E-state index contributed by atoms with van der Waals surface area (Å²) in [6, 6.07) is 6.03. The molecule has 0 atom stereocenters. The van der Waals surface area contributed by atoms with Crippen molar-refractivity contribution in [1.82, 2.24) is 14.2 Å². The Bertz CT molecular complexity index is 945. The molecule has 0 unspecified atom stereocenters. The molecule has 9 heteroatoms. The Morgan fingerprint density at radius 1 is 1.20 bits per heavy atom. The number of rotatable bonds is 8. The van der Waals surface area contributed by atoms with Gasteiger partial charge in [-0.1, -0.05) is 20.8 Å². The number of benzene rings is 1. The van der Waals surface area contributed by atoms with Crippen molar-refractivity contribution in [2.45, 2.75) is 45.1 Å². The monoisotopic (exact) mass is 450 g/mol. The second kappa shape index (κ2) is 10.00. The summed E-state index contributed by atoms with van der Waals surface area (Å²) in [5.74, 6) is 0.495. The fourth-order valence-corrected chi connectivity index (χ4v) is 5.70. The Morgan fingerprint density at radius 2 is 1.83 bits per heavy atom. The van der Waals surface area contributed by atoms with Gasteiger partial charge in [-0.25, -0.2) is 13.4 Å². The molecule has 1 aromatic carbocycles. The molecular weight excluding hydrogens is 420 g/mol. The summed E-state index contributed by atoms with van der Waals surface area (Å²) in [5.41, 5.74) is 1.36. The van der Waals surface area contributed by atoms with E-state index in [4.69, 9.17) is 0 Å². The maximum Gasteiger partial charge on any atom is 0.257 e. The Hall–Kier alpha value is -1.81. The van der Waals surface area contributed by atoms with Gasteiger partial charge in [0.2, 0.25) is 10.0 Å². The van der Waals surface area contributed by atoms with Gasteiger partial charge >= 0.3 is 0 Å². The van der Waals surface area contributed by atoms with E-state index in [1.54, 1.807) is 13.8 Å². The van der Waals surface area contributed by atoms with Gasteiger partial charge in [-0.05, 0) is 56.1 Å². The van der Waals surface area contributed by atoms with Crippen molar-refractivity contribution in [2.24, 2.45) is 5.92 Å². The predicted molar refractivity (Wildman–Crippen MR) is 120 cm³/mol. The molecule has 1 aliphatic heterocycles. The maximum atomic E-state index is 12.6. The quantitative estimate of drug-likeness (QED) is 0.664. The first-order chi connectivity index (χ1) is 14.3. The van der Waals surface area contributed by atoms with E-state index in [0.717, 1.165) is 31.2 Å². The minimum atomic E-state index is -3.53. The molecule has 3 rings (SSSR count). The van der Waals surface area contributed by atoms with Gasteiger partial charge < -0.3 is 0 Å². The Morgan fingerprint density at radius 3 is 2.43 bits per heavy atom. The highest BCUT2D eigenvalue weighted by atomic mass is 32.2. The number of thiazole rings is 1. The number of hydrogen-bond donors (Lipinski definition) is 1. The lowest BCUT2D eigenvalue weighted by atomic mass is 9.99. The average molecular weight is 451 g/mol. The van der Waals surface area contributed by atoms with Crippen LogP contribution in [0.5, 0.6) is 0 Å². The number of nitrogens with zero attached hydrogens (tertiary/aromatic N) is 3. The molecule has 164 valence electrons. The molecule has 0 aliphatic carbocycles. The van der Waals surface area contributed by atoms with E-state index < -0.39 is 10.0 Å². The number of hydrogen-bond acceptors (Lipinski definition) is 6. The van der Waals surface area contributed by atoms with E-state index in [0.29, 0.717) is 23.8 Å². The van der Waals surface area contributed by atoms with Gasteiger partial charge in [-0.2, -0.15) is 4.31 Å². The van der Waals surface area contributed by atoms with E-state index >= 15 is 0 Å². The van der Waals surface area contributed by atoms with Crippen LogP contribution in [0.25, 0.3) is 0 Å². The van der Waals surface area contributed by atoms with Crippen molar-refractivity contribution >= 4 is 32.4 Å². The molecule has 1 N–H and O–H groups in total. The molecule has 2 heterocycles. The van der Waals surface area contributed by atoms with Crippen LogP contribution < -0.4 is 5.32 Å². The lowest BCUT2D eigenvalue weighted by molar-refractivity contribution is 0.102. The fraction of sp³-hybridized carbons (Fsp3) is 0.524. The molecule has 1 fully saturated rings. The minimum absolute atomic E-state index is 0.190. The molecule has 2 aromatic rings. The zero-order valence-electron chi connectivity index (χ0n) is 17.8. The van der Waals surface area contributed by atoms with E-state index in [1.165, 1.54) is 52.7 Å². The minimum Gasteiger partial charge on any atom is -0.298 e. The second-order valence-electron chi connectivity index (χ2n) is 7.67. The third kappa shape index (κ3) is 5.46. The van der Waals surface area contributed by atoms with E-state index in [9.17, 15) is 13.2 Å². The lowest BCUT2D eigenvalue weighted by Crippen LogP contribution is -2.32. The van der Waals surface area contributed by atoms with Crippen molar-refractivity contribution in [3.05, 3.63) is 40.9 Å². The summed E-state index contributed by atoms with van der Waals surface area (Å²) >= 11 is 1.41. The van der Waals surface area contributed by atoms with Crippen molar-refractivity contribution in [1.29, 1.82) is 0 Å². The molecule has 30 heavy (non-hydrogen) atoms. The van der Waals surface area contributed by atoms with Crippen LogP contribution in [0.1, 0.15) is 49.7 Å². The molecular formula is C21H30N4O3S2. The molecule has 1 amide bonds. The SMILES string of the molecule is CCN(CC)S(=O)(=O)c1ccc(C(=O)Nc2nc(CN3CCC(C)CC3)cs2)cc1. The van der Waals surface area contributed by atoms with Crippen molar-refractivity contribution in [3.63, 3.8) is 0 Å². The summed E-state index contributed by atoms with van der Waals surface area (Å²) in [4.78, 5) is 19.7. The van der Waals surface area contributed by atoms with Crippen LogP contribution in [-0.4, -0.2) is 54.7 Å². The number of likely N-dealkylation sites (tertiary alicyclic amines) is 1. The first kappa shape index (κ1) is 22.9. The molecule has 1 saturated heterocycles. The zero-order chi connectivity index (χ0) is 21.7. The molecule has 7 nitrogen and oxygen atoms in total. The molecule has 0 spiro atoms. The number of piperidine rings is 1. The third-order valence-electron chi connectivity index (χ3n) is 5.49.